The zero-order valence-electron chi connectivity index (χ0n) is 14.1. The molecule has 3 rings (SSSR count). The largest absolute Gasteiger partial charge is 0.490 e. The van der Waals surface area contributed by atoms with Crippen molar-refractivity contribution < 1.29 is 19.4 Å². The fraction of sp³-hybridized carbons (Fsp3) is 0.389. The van der Waals surface area contributed by atoms with Gasteiger partial charge >= 0.3 is 5.97 Å². The van der Waals surface area contributed by atoms with E-state index >= 15 is 0 Å². The molecule has 2 N–H and O–H groups in total. The van der Waals surface area contributed by atoms with Crippen molar-refractivity contribution in [2.45, 2.75) is 45.3 Å². The highest BCUT2D eigenvalue weighted by Gasteiger charge is 2.19. The molecule has 1 aliphatic rings. The van der Waals surface area contributed by atoms with Gasteiger partial charge in [-0.2, -0.15) is 5.10 Å². The van der Waals surface area contributed by atoms with Crippen LogP contribution in [-0.4, -0.2) is 32.9 Å². The van der Waals surface area contributed by atoms with E-state index in [1.165, 1.54) is 23.7 Å². The van der Waals surface area contributed by atoms with Gasteiger partial charge in [0.05, 0.1) is 11.8 Å². The predicted molar refractivity (Wildman–Crippen MR) is 92.1 cm³/mol. The number of carbonyl (C=O) groups is 2. The molecule has 1 saturated carbocycles. The van der Waals surface area contributed by atoms with Crippen molar-refractivity contribution in [1.29, 1.82) is 0 Å². The van der Waals surface area contributed by atoms with Gasteiger partial charge in [-0.3, -0.25) is 9.48 Å². The molecular formula is C18H21N3O4. The third-order valence-electron chi connectivity index (χ3n) is 4.24. The maximum Gasteiger partial charge on any atom is 0.358 e. The molecular weight excluding hydrogens is 322 g/mol. The molecule has 0 atom stereocenters. The van der Waals surface area contributed by atoms with E-state index in [1.807, 2.05) is 13.0 Å². The Balaban J connectivity index is 1.75. The molecule has 0 radical (unpaired) electrons. The Bertz CT molecular complexity index is 778. The summed E-state index contributed by atoms with van der Waals surface area (Å²) in [6.07, 6.45) is 6.14. The van der Waals surface area contributed by atoms with Crippen LogP contribution in [0.5, 0.6) is 5.75 Å². The number of carbonyl (C=O) groups excluding carboxylic acids is 1. The summed E-state index contributed by atoms with van der Waals surface area (Å²) in [5.74, 6) is -0.918. The van der Waals surface area contributed by atoms with Crippen LogP contribution in [0.15, 0.2) is 30.5 Å². The van der Waals surface area contributed by atoms with Crippen molar-refractivity contribution in [2.24, 2.45) is 0 Å². The molecule has 1 fully saturated rings. The van der Waals surface area contributed by atoms with E-state index in [0.717, 1.165) is 12.8 Å². The van der Waals surface area contributed by atoms with Crippen molar-refractivity contribution in [3.63, 3.8) is 0 Å². The minimum atomic E-state index is -1.18. The number of nitrogens with zero attached hydrogens (tertiary/aromatic N) is 2. The summed E-state index contributed by atoms with van der Waals surface area (Å²) in [5.41, 5.74) is 0.422. The van der Waals surface area contributed by atoms with Gasteiger partial charge in [0.1, 0.15) is 5.75 Å². The lowest BCUT2D eigenvalue weighted by Gasteiger charge is -2.13. The standard InChI is InChI=1S/C18H21N3O4/c1-2-21-11-15(16(20-21)18(23)24)19-17(22)12-6-5-9-14(10-12)25-13-7-3-4-8-13/h5-6,9-11,13H,2-4,7-8H2,1H3,(H,19,22)(H,23,24). The number of amides is 1. The summed E-state index contributed by atoms with van der Waals surface area (Å²) in [5, 5.41) is 15.8. The molecule has 25 heavy (non-hydrogen) atoms. The van der Waals surface area contributed by atoms with Gasteiger partial charge < -0.3 is 15.2 Å². The molecule has 132 valence electrons. The highest BCUT2D eigenvalue weighted by Crippen LogP contribution is 2.25. The van der Waals surface area contributed by atoms with E-state index < -0.39 is 11.9 Å². The Morgan fingerprint density at radius 1 is 1.36 bits per heavy atom. The SMILES string of the molecule is CCn1cc(NC(=O)c2cccc(OC3CCCC3)c2)c(C(=O)O)n1. The minimum Gasteiger partial charge on any atom is -0.490 e. The Kier molecular flexibility index (Phi) is 5.02. The first-order chi connectivity index (χ1) is 12.1. The third-order valence-corrected chi connectivity index (χ3v) is 4.24. The molecule has 1 amide bonds. The van der Waals surface area contributed by atoms with Crippen LogP contribution in [0.1, 0.15) is 53.5 Å². The van der Waals surface area contributed by atoms with Crippen LogP contribution >= 0.6 is 0 Å². The van der Waals surface area contributed by atoms with E-state index in [-0.39, 0.29) is 17.5 Å². The molecule has 0 spiro atoms. The molecule has 0 unspecified atom stereocenters. The number of nitrogens with one attached hydrogen (secondary N) is 1. The summed E-state index contributed by atoms with van der Waals surface area (Å²) < 4.78 is 7.38. The lowest BCUT2D eigenvalue weighted by molar-refractivity contribution is 0.0690. The zero-order chi connectivity index (χ0) is 17.8. The van der Waals surface area contributed by atoms with E-state index in [0.29, 0.717) is 17.9 Å². The van der Waals surface area contributed by atoms with E-state index in [9.17, 15) is 14.7 Å². The Morgan fingerprint density at radius 2 is 2.12 bits per heavy atom. The van der Waals surface area contributed by atoms with Gasteiger partial charge in [0, 0.05) is 18.3 Å². The minimum absolute atomic E-state index is 0.173. The van der Waals surface area contributed by atoms with Crippen LogP contribution in [0.3, 0.4) is 0 Å². The van der Waals surface area contributed by atoms with Gasteiger partial charge in [0.2, 0.25) is 0 Å². The number of anilines is 1. The lowest BCUT2D eigenvalue weighted by atomic mass is 10.2. The Labute approximate surface area is 145 Å². The van der Waals surface area contributed by atoms with Gasteiger partial charge in [0.25, 0.3) is 5.91 Å². The predicted octanol–water partition coefficient (Wildman–Crippen LogP) is 3.17. The number of carboxylic acids is 1. The van der Waals surface area contributed by atoms with Gasteiger partial charge in [-0.15, -0.1) is 0 Å². The maximum absolute atomic E-state index is 12.5. The van der Waals surface area contributed by atoms with Crippen molar-refractivity contribution in [2.75, 3.05) is 5.32 Å². The quantitative estimate of drug-likeness (QED) is 0.840. The third kappa shape index (κ3) is 3.99. The monoisotopic (exact) mass is 343 g/mol. The summed E-state index contributed by atoms with van der Waals surface area (Å²) in [6.45, 7) is 2.36. The number of aryl methyl sites for hydroxylation is 1. The summed E-state index contributed by atoms with van der Waals surface area (Å²) in [6, 6.07) is 6.93. The van der Waals surface area contributed by atoms with Crippen LogP contribution in [-0.2, 0) is 6.54 Å². The molecule has 1 aromatic carbocycles. The van der Waals surface area contributed by atoms with Crippen molar-refractivity contribution in [3.05, 3.63) is 41.7 Å². The fourth-order valence-electron chi connectivity index (χ4n) is 2.94. The average Bonchev–Trinajstić information content (AvgIpc) is 3.24. The molecule has 1 aromatic heterocycles. The number of benzene rings is 1. The molecule has 7 heteroatoms. The van der Waals surface area contributed by atoms with E-state index in [2.05, 4.69) is 10.4 Å². The fourth-order valence-corrected chi connectivity index (χ4v) is 2.94. The van der Waals surface area contributed by atoms with Gasteiger partial charge in [-0.05, 0) is 50.8 Å². The first-order valence-electron chi connectivity index (χ1n) is 8.45. The summed E-state index contributed by atoms with van der Waals surface area (Å²) in [4.78, 5) is 23.7. The number of aromatic nitrogens is 2. The van der Waals surface area contributed by atoms with Gasteiger partial charge in [-0.25, -0.2) is 4.79 Å². The Morgan fingerprint density at radius 3 is 2.80 bits per heavy atom. The number of hydrogen-bond acceptors (Lipinski definition) is 4. The molecule has 0 aliphatic heterocycles. The van der Waals surface area contributed by atoms with Crippen molar-refractivity contribution in [3.8, 4) is 5.75 Å². The first-order valence-corrected chi connectivity index (χ1v) is 8.45. The molecule has 1 heterocycles. The first kappa shape index (κ1) is 17.0. The van der Waals surface area contributed by atoms with E-state index in [1.54, 1.807) is 18.2 Å². The van der Waals surface area contributed by atoms with Crippen LogP contribution < -0.4 is 10.1 Å². The maximum atomic E-state index is 12.5. The smallest absolute Gasteiger partial charge is 0.358 e. The lowest BCUT2D eigenvalue weighted by Crippen LogP contribution is -2.15. The zero-order valence-corrected chi connectivity index (χ0v) is 14.1. The highest BCUT2D eigenvalue weighted by molar-refractivity contribution is 6.07. The van der Waals surface area contributed by atoms with Crippen LogP contribution in [0, 0.1) is 0 Å². The number of hydrogen-bond donors (Lipinski definition) is 2. The second-order valence-electron chi connectivity index (χ2n) is 6.06. The number of aromatic carboxylic acids is 1. The number of carboxylic acid groups (broad SMARTS) is 1. The second kappa shape index (κ2) is 7.38. The molecule has 0 saturated heterocycles. The topological polar surface area (TPSA) is 93.5 Å². The molecule has 0 bridgehead atoms. The van der Waals surface area contributed by atoms with Gasteiger partial charge in [0.15, 0.2) is 5.69 Å². The summed E-state index contributed by atoms with van der Waals surface area (Å²) >= 11 is 0. The highest BCUT2D eigenvalue weighted by atomic mass is 16.5. The number of rotatable bonds is 6. The van der Waals surface area contributed by atoms with Crippen molar-refractivity contribution >= 4 is 17.6 Å². The van der Waals surface area contributed by atoms with Crippen LogP contribution in [0.25, 0.3) is 0 Å². The molecule has 2 aromatic rings. The number of ether oxygens (including phenoxy) is 1. The van der Waals surface area contributed by atoms with Gasteiger partial charge in [-0.1, -0.05) is 6.07 Å². The summed E-state index contributed by atoms with van der Waals surface area (Å²) in [7, 11) is 0. The second-order valence-corrected chi connectivity index (χ2v) is 6.06. The van der Waals surface area contributed by atoms with Crippen LogP contribution in [0.2, 0.25) is 0 Å². The molecule has 1 aliphatic carbocycles. The molecule has 7 nitrogen and oxygen atoms in total. The van der Waals surface area contributed by atoms with E-state index in [4.69, 9.17) is 4.74 Å². The average molecular weight is 343 g/mol. The normalized spacial score (nSPS) is 14.4. The van der Waals surface area contributed by atoms with Crippen LogP contribution in [0.4, 0.5) is 5.69 Å². The Hall–Kier alpha value is -2.83. The van der Waals surface area contributed by atoms with Crippen molar-refractivity contribution in [1.82, 2.24) is 9.78 Å².